The number of hydrogen-bond acceptors (Lipinski definition) is 3. The molecule has 0 saturated heterocycles. The summed E-state index contributed by atoms with van der Waals surface area (Å²) in [5, 5.41) is 11.6. The van der Waals surface area contributed by atoms with E-state index in [-0.39, 0.29) is 5.82 Å². The van der Waals surface area contributed by atoms with Gasteiger partial charge in [-0.2, -0.15) is 5.26 Å². The van der Waals surface area contributed by atoms with Crippen LogP contribution in [0, 0.1) is 24.1 Å². The van der Waals surface area contributed by atoms with Crippen molar-refractivity contribution in [1.82, 2.24) is 4.98 Å². The van der Waals surface area contributed by atoms with E-state index in [9.17, 15) is 4.39 Å². The summed E-state index contributed by atoms with van der Waals surface area (Å²) in [6, 6.07) is 12.0. The quantitative estimate of drug-likeness (QED) is 0.857. The fourth-order valence-corrected chi connectivity index (χ4v) is 1.45. The van der Waals surface area contributed by atoms with Crippen molar-refractivity contribution < 1.29 is 4.39 Å². The minimum absolute atomic E-state index is 0.295. The Morgan fingerprint density at radius 2 is 2.00 bits per heavy atom. The number of hydrogen-bond donors (Lipinski definition) is 1. The summed E-state index contributed by atoms with van der Waals surface area (Å²) >= 11 is 0. The maximum atomic E-state index is 13.7. The Kier molecular flexibility index (Phi) is 3.01. The van der Waals surface area contributed by atoms with Crippen molar-refractivity contribution in [3.05, 3.63) is 53.5 Å². The number of anilines is 2. The molecule has 0 atom stereocenters. The number of aryl methyl sites for hydroxylation is 1. The molecule has 0 aliphatic heterocycles. The van der Waals surface area contributed by atoms with Crippen LogP contribution in [0.15, 0.2) is 36.4 Å². The maximum absolute atomic E-state index is 13.7. The molecule has 2 aromatic rings. The number of nitrogens with zero attached hydrogens (tertiary/aromatic N) is 2. The highest BCUT2D eigenvalue weighted by Gasteiger charge is 2.05. The molecular formula is C13H10FN3. The predicted octanol–water partition coefficient (Wildman–Crippen LogP) is 3.14. The SMILES string of the molecule is Cc1cccc(Nc2cccc(C#N)n2)c1F. The fraction of sp³-hybridized carbons (Fsp3) is 0.0769. The molecule has 0 aliphatic rings. The first kappa shape index (κ1) is 11.1. The van der Waals surface area contributed by atoms with Crippen LogP contribution in [0.4, 0.5) is 15.9 Å². The highest BCUT2D eigenvalue weighted by atomic mass is 19.1. The van der Waals surface area contributed by atoms with Gasteiger partial charge in [0.15, 0.2) is 0 Å². The molecule has 1 aromatic carbocycles. The molecule has 17 heavy (non-hydrogen) atoms. The van der Waals surface area contributed by atoms with Crippen molar-refractivity contribution in [3.63, 3.8) is 0 Å². The van der Waals surface area contributed by atoms with Gasteiger partial charge in [-0.25, -0.2) is 9.37 Å². The molecule has 0 aliphatic carbocycles. The lowest BCUT2D eigenvalue weighted by Gasteiger charge is -2.08. The van der Waals surface area contributed by atoms with Crippen LogP contribution in [0.25, 0.3) is 0 Å². The summed E-state index contributed by atoms with van der Waals surface area (Å²) < 4.78 is 13.7. The smallest absolute Gasteiger partial charge is 0.149 e. The Hall–Kier alpha value is -2.41. The number of halogens is 1. The largest absolute Gasteiger partial charge is 0.338 e. The van der Waals surface area contributed by atoms with Crippen molar-refractivity contribution in [1.29, 1.82) is 5.26 Å². The van der Waals surface area contributed by atoms with E-state index < -0.39 is 0 Å². The first-order valence-corrected chi connectivity index (χ1v) is 5.10. The number of nitriles is 1. The summed E-state index contributed by atoms with van der Waals surface area (Å²) in [6.07, 6.45) is 0. The van der Waals surface area contributed by atoms with Crippen molar-refractivity contribution in [2.45, 2.75) is 6.92 Å². The standard InChI is InChI=1S/C13H10FN3/c1-9-4-2-6-11(13(9)14)17-12-7-3-5-10(8-15)16-12/h2-7H,1H3,(H,16,17). The Balaban J connectivity index is 2.32. The third-order valence-electron chi connectivity index (χ3n) is 2.32. The van der Waals surface area contributed by atoms with Gasteiger partial charge in [0.05, 0.1) is 5.69 Å². The van der Waals surface area contributed by atoms with Crippen LogP contribution in [-0.2, 0) is 0 Å². The molecule has 84 valence electrons. The van der Waals surface area contributed by atoms with Gasteiger partial charge in [0.2, 0.25) is 0 Å². The van der Waals surface area contributed by atoms with Crippen molar-refractivity contribution in [2.24, 2.45) is 0 Å². The average molecular weight is 227 g/mol. The van der Waals surface area contributed by atoms with Gasteiger partial charge in [0.1, 0.15) is 23.4 Å². The minimum atomic E-state index is -0.309. The van der Waals surface area contributed by atoms with Crippen LogP contribution in [0.5, 0.6) is 0 Å². The minimum Gasteiger partial charge on any atom is -0.338 e. The van der Waals surface area contributed by atoms with Crippen molar-refractivity contribution in [3.8, 4) is 6.07 Å². The average Bonchev–Trinajstić information content (AvgIpc) is 2.35. The monoisotopic (exact) mass is 227 g/mol. The lowest BCUT2D eigenvalue weighted by molar-refractivity contribution is 0.622. The third kappa shape index (κ3) is 2.40. The summed E-state index contributed by atoms with van der Waals surface area (Å²) in [5.74, 6) is 0.144. The van der Waals surface area contributed by atoms with E-state index in [1.165, 1.54) is 0 Å². The topological polar surface area (TPSA) is 48.7 Å². The molecule has 1 N–H and O–H groups in total. The first-order chi connectivity index (χ1) is 8.20. The normalized spacial score (nSPS) is 9.71. The molecule has 1 heterocycles. The predicted molar refractivity (Wildman–Crippen MR) is 63.4 cm³/mol. The molecule has 0 fully saturated rings. The number of aromatic nitrogens is 1. The van der Waals surface area contributed by atoms with Crippen LogP contribution >= 0.6 is 0 Å². The zero-order valence-corrected chi connectivity index (χ0v) is 9.24. The number of benzene rings is 1. The number of rotatable bonds is 2. The van der Waals surface area contributed by atoms with Gasteiger partial charge in [-0.15, -0.1) is 0 Å². The highest BCUT2D eigenvalue weighted by Crippen LogP contribution is 2.20. The van der Waals surface area contributed by atoms with Gasteiger partial charge in [0.25, 0.3) is 0 Å². The molecule has 0 saturated carbocycles. The molecule has 3 nitrogen and oxygen atoms in total. The molecule has 0 bridgehead atoms. The van der Waals surface area contributed by atoms with Gasteiger partial charge in [-0.05, 0) is 30.7 Å². The highest BCUT2D eigenvalue weighted by molar-refractivity contribution is 5.58. The molecular weight excluding hydrogens is 217 g/mol. The van der Waals surface area contributed by atoms with Crippen molar-refractivity contribution >= 4 is 11.5 Å². The number of nitrogens with one attached hydrogen (secondary N) is 1. The fourth-order valence-electron chi connectivity index (χ4n) is 1.45. The summed E-state index contributed by atoms with van der Waals surface area (Å²) in [6.45, 7) is 1.69. The van der Waals surface area contributed by atoms with E-state index in [4.69, 9.17) is 5.26 Å². The van der Waals surface area contributed by atoms with Gasteiger partial charge in [-0.1, -0.05) is 18.2 Å². The molecule has 0 unspecified atom stereocenters. The summed E-state index contributed by atoms with van der Waals surface area (Å²) in [4.78, 5) is 4.02. The molecule has 1 aromatic heterocycles. The maximum Gasteiger partial charge on any atom is 0.149 e. The zero-order valence-electron chi connectivity index (χ0n) is 9.24. The van der Waals surface area contributed by atoms with Gasteiger partial charge >= 0.3 is 0 Å². The lowest BCUT2D eigenvalue weighted by Crippen LogP contribution is -1.98. The summed E-state index contributed by atoms with van der Waals surface area (Å²) in [5.41, 5.74) is 1.21. The van der Waals surface area contributed by atoms with Gasteiger partial charge in [-0.3, -0.25) is 0 Å². The molecule has 0 amide bonds. The Morgan fingerprint density at radius 1 is 1.24 bits per heavy atom. The molecule has 0 spiro atoms. The van der Waals surface area contributed by atoms with Gasteiger partial charge < -0.3 is 5.32 Å². The Labute approximate surface area is 98.5 Å². The summed E-state index contributed by atoms with van der Waals surface area (Å²) in [7, 11) is 0. The van der Waals surface area contributed by atoms with Crippen LogP contribution in [0.3, 0.4) is 0 Å². The van der Waals surface area contributed by atoms with Crippen molar-refractivity contribution in [2.75, 3.05) is 5.32 Å². The Bertz CT molecular complexity index is 587. The van der Waals surface area contributed by atoms with E-state index >= 15 is 0 Å². The zero-order chi connectivity index (χ0) is 12.3. The lowest BCUT2D eigenvalue weighted by atomic mass is 10.2. The van der Waals surface area contributed by atoms with E-state index in [0.29, 0.717) is 22.8 Å². The third-order valence-corrected chi connectivity index (χ3v) is 2.32. The molecule has 2 rings (SSSR count). The van der Waals surface area contributed by atoms with E-state index in [1.807, 2.05) is 6.07 Å². The molecule has 4 heteroatoms. The first-order valence-electron chi connectivity index (χ1n) is 5.10. The van der Waals surface area contributed by atoms with Crippen LogP contribution in [0.2, 0.25) is 0 Å². The molecule has 0 radical (unpaired) electrons. The van der Waals surface area contributed by atoms with E-state index in [1.54, 1.807) is 43.3 Å². The van der Waals surface area contributed by atoms with Crippen LogP contribution in [0.1, 0.15) is 11.3 Å². The second-order valence-electron chi connectivity index (χ2n) is 3.58. The second kappa shape index (κ2) is 4.62. The van der Waals surface area contributed by atoms with E-state index in [2.05, 4.69) is 10.3 Å². The van der Waals surface area contributed by atoms with Gasteiger partial charge in [0, 0.05) is 0 Å². The van der Waals surface area contributed by atoms with Crippen LogP contribution in [-0.4, -0.2) is 4.98 Å². The number of pyridine rings is 1. The second-order valence-corrected chi connectivity index (χ2v) is 3.58. The van der Waals surface area contributed by atoms with Crippen LogP contribution < -0.4 is 5.32 Å². The Morgan fingerprint density at radius 3 is 2.76 bits per heavy atom. The van der Waals surface area contributed by atoms with E-state index in [0.717, 1.165) is 0 Å².